The fourth-order valence-corrected chi connectivity index (χ4v) is 2.71. The summed E-state index contributed by atoms with van der Waals surface area (Å²) in [5.41, 5.74) is 0.452. The SMILES string of the molecule is CC(C)(C)CC(=O)N1CCCN(C(=O)c2ccc(F)cc2)CC1. The van der Waals surface area contributed by atoms with Gasteiger partial charge >= 0.3 is 0 Å². The Balaban J connectivity index is 1.97. The molecule has 0 saturated carbocycles. The van der Waals surface area contributed by atoms with E-state index in [-0.39, 0.29) is 23.0 Å². The van der Waals surface area contributed by atoms with Gasteiger partial charge in [-0.25, -0.2) is 4.39 Å². The van der Waals surface area contributed by atoms with Crippen molar-refractivity contribution in [2.45, 2.75) is 33.6 Å². The smallest absolute Gasteiger partial charge is 0.253 e. The van der Waals surface area contributed by atoms with Gasteiger partial charge in [-0.3, -0.25) is 9.59 Å². The van der Waals surface area contributed by atoms with Crippen molar-refractivity contribution >= 4 is 11.8 Å². The van der Waals surface area contributed by atoms with Crippen LogP contribution in [-0.2, 0) is 4.79 Å². The molecule has 1 aromatic rings. The van der Waals surface area contributed by atoms with Crippen molar-refractivity contribution in [3.05, 3.63) is 35.6 Å². The molecule has 4 nitrogen and oxygen atoms in total. The summed E-state index contributed by atoms with van der Waals surface area (Å²) in [5.74, 6) is -0.305. The summed E-state index contributed by atoms with van der Waals surface area (Å²) in [6.07, 6.45) is 1.28. The molecule has 0 aromatic heterocycles. The van der Waals surface area contributed by atoms with Gasteiger partial charge in [0.15, 0.2) is 0 Å². The van der Waals surface area contributed by atoms with E-state index in [4.69, 9.17) is 0 Å². The van der Waals surface area contributed by atoms with Crippen LogP contribution < -0.4 is 0 Å². The third-order valence-electron chi connectivity index (χ3n) is 3.91. The second kappa shape index (κ2) is 7.11. The van der Waals surface area contributed by atoms with E-state index in [1.54, 1.807) is 4.90 Å². The number of amides is 2. The Bertz CT molecular complexity index is 563. The molecule has 0 aliphatic carbocycles. The normalized spacial score (nSPS) is 16.2. The van der Waals surface area contributed by atoms with Gasteiger partial charge in [-0.05, 0) is 36.1 Å². The molecule has 0 N–H and O–H groups in total. The van der Waals surface area contributed by atoms with Gasteiger partial charge in [-0.1, -0.05) is 20.8 Å². The second-order valence-electron chi connectivity index (χ2n) is 7.27. The topological polar surface area (TPSA) is 40.6 Å². The zero-order valence-electron chi connectivity index (χ0n) is 14.1. The van der Waals surface area contributed by atoms with E-state index in [9.17, 15) is 14.0 Å². The van der Waals surface area contributed by atoms with E-state index < -0.39 is 0 Å². The zero-order chi connectivity index (χ0) is 17.0. The third-order valence-corrected chi connectivity index (χ3v) is 3.91. The molecule has 1 aliphatic heterocycles. The molecule has 1 aromatic carbocycles. The molecular weight excluding hydrogens is 295 g/mol. The monoisotopic (exact) mass is 320 g/mol. The zero-order valence-corrected chi connectivity index (χ0v) is 14.1. The van der Waals surface area contributed by atoms with Crippen molar-refractivity contribution in [2.75, 3.05) is 26.2 Å². The molecule has 1 aliphatic rings. The van der Waals surface area contributed by atoms with Crippen LogP contribution in [0, 0.1) is 11.2 Å². The lowest BCUT2D eigenvalue weighted by molar-refractivity contribution is -0.132. The van der Waals surface area contributed by atoms with E-state index in [0.717, 1.165) is 6.42 Å². The third kappa shape index (κ3) is 5.05. The van der Waals surface area contributed by atoms with Gasteiger partial charge in [0.05, 0.1) is 0 Å². The number of benzene rings is 1. The van der Waals surface area contributed by atoms with Gasteiger partial charge < -0.3 is 9.80 Å². The average Bonchev–Trinajstić information content (AvgIpc) is 2.71. The molecule has 1 heterocycles. The lowest BCUT2D eigenvalue weighted by Gasteiger charge is -2.25. The van der Waals surface area contributed by atoms with Crippen molar-refractivity contribution in [3.63, 3.8) is 0 Å². The summed E-state index contributed by atoms with van der Waals surface area (Å²) in [4.78, 5) is 28.4. The van der Waals surface area contributed by atoms with Gasteiger partial charge in [0.25, 0.3) is 5.91 Å². The standard InChI is InChI=1S/C18H25FN2O2/c1-18(2,3)13-16(22)20-9-4-10-21(12-11-20)17(23)14-5-7-15(19)8-6-14/h5-8H,4,9-13H2,1-3H3. The molecule has 23 heavy (non-hydrogen) atoms. The van der Waals surface area contributed by atoms with Crippen LogP contribution >= 0.6 is 0 Å². The number of rotatable bonds is 2. The minimum absolute atomic E-state index is 0.0347. The van der Waals surface area contributed by atoms with Crippen molar-refractivity contribution in [1.29, 1.82) is 0 Å². The number of hydrogen-bond acceptors (Lipinski definition) is 2. The summed E-state index contributed by atoms with van der Waals surface area (Å²) in [5, 5.41) is 0. The summed E-state index contributed by atoms with van der Waals surface area (Å²) >= 11 is 0. The summed E-state index contributed by atoms with van der Waals surface area (Å²) < 4.78 is 13.0. The first-order chi connectivity index (χ1) is 10.8. The Morgan fingerprint density at radius 3 is 2.17 bits per heavy atom. The minimum atomic E-state index is -0.351. The van der Waals surface area contributed by atoms with E-state index in [1.165, 1.54) is 24.3 Å². The summed E-state index contributed by atoms with van der Waals surface area (Å²) in [6.45, 7) is 8.53. The second-order valence-corrected chi connectivity index (χ2v) is 7.27. The van der Waals surface area contributed by atoms with E-state index >= 15 is 0 Å². The first-order valence-corrected chi connectivity index (χ1v) is 8.09. The fraction of sp³-hybridized carbons (Fsp3) is 0.556. The quantitative estimate of drug-likeness (QED) is 0.840. The number of halogens is 1. The van der Waals surface area contributed by atoms with Gasteiger partial charge in [-0.15, -0.1) is 0 Å². The van der Waals surface area contributed by atoms with Crippen LogP contribution in [0.3, 0.4) is 0 Å². The number of carbonyl (C=O) groups is 2. The Kier molecular flexibility index (Phi) is 5.39. The van der Waals surface area contributed by atoms with Crippen LogP contribution in [0.4, 0.5) is 4.39 Å². The van der Waals surface area contributed by atoms with Crippen molar-refractivity contribution in [1.82, 2.24) is 9.80 Å². The highest BCUT2D eigenvalue weighted by molar-refractivity contribution is 5.94. The fourth-order valence-electron chi connectivity index (χ4n) is 2.71. The van der Waals surface area contributed by atoms with Crippen LogP contribution in [0.2, 0.25) is 0 Å². The molecule has 126 valence electrons. The molecule has 1 fully saturated rings. The number of carbonyl (C=O) groups excluding carboxylic acids is 2. The van der Waals surface area contributed by atoms with Crippen LogP contribution in [0.1, 0.15) is 44.0 Å². The summed E-state index contributed by atoms with van der Waals surface area (Å²) in [7, 11) is 0. The van der Waals surface area contributed by atoms with E-state index in [1.807, 2.05) is 25.7 Å². The Labute approximate surface area is 137 Å². The van der Waals surface area contributed by atoms with Gasteiger partial charge in [0.2, 0.25) is 5.91 Å². The maximum absolute atomic E-state index is 13.0. The van der Waals surface area contributed by atoms with E-state index in [2.05, 4.69) is 0 Å². The molecule has 0 bridgehead atoms. The number of nitrogens with zero attached hydrogens (tertiary/aromatic N) is 2. The minimum Gasteiger partial charge on any atom is -0.341 e. The highest BCUT2D eigenvalue weighted by Gasteiger charge is 2.25. The summed E-state index contributed by atoms with van der Waals surface area (Å²) in [6, 6.07) is 5.60. The number of hydrogen-bond donors (Lipinski definition) is 0. The highest BCUT2D eigenvalue weighted by Crippen LogP contribution is 2.20. The maximum atomic E-state index is 13.0. The van der Waals surface area contributed by atoms with Crippen molar-refractivity contribution in [2.24, 2.45) is 5.41 Å². The Hall–Kier alpha value is -1.91. The van der Waals surface area contributed by atoms with Crippen LogP contribution in [0.25, 0.3) is 0 Å². The Morgan fingerprint density at radius 2 is 1.57 bits per heavy atom. The lowest BCUT2D eigenvalue weighted by Crippen LogP contribution is -2.38. The van der Waals surface area contributed by atoms with Crippen molar-refractivity contribution < 1.29 is 14.0 Å². The first kappa shape index (κ1) is 17.4. The van der Waals surface area contributed by atoms with E-state index in [0.29, 0.717) is 38.2 Å². The lowest BCUT2D eigenvalue weighted by atomic mass is 9.91. The first-order valence-electron chi connectivity index (χ1n) is 8.09. The average molecular weight is 320 g/mol. The molecule has 0 spiro atoms. The van der Waals surface area contributed by atoms with Crippen molar-refractivity contribution in [3.8, 4) is 0 Å². The maximum Gasteiger partial charge on any atom is 0.253 e. The predicted molar refractivity (Wildman–Crippen MR) is 87.6 cm³/mol. The molecule has 1 saturated heterocycles. The molecule has 2 rings (SSSR count). The highest BCUT2D eigenvalue weighted by atomic mass is 19.1. The Morgan fingerprint density at radius 1 is 1.00 bits per heavy atom. The van der Waals surface area contributed by atoms with Gasteiger partial charge in [0, 0.05) is 38.2 Å². The molecule has 0 unspecified atom stereocenters. The van der Waals surface area contributed by atoms with Gasteiger partial charge in [0.1, 0.15) is 5.82 Å². The molecule has 0 radical (unpaired) electrons. The molecular formula is C18H25FN2O2. The van der Waals surface area contributed by atoms with Crippen LogP contribution in [0.15, 0.2) is 24.3 Å². The van der Waals surface area contributed by atoms with Gasteiger partial charge in [-0.2, -0.15) is 0 Å². The molecule has 5 heteroatoms. The molecule has 2 amide bonds. The van der Waals surface area contributed by atoms with Crippen LogP contribution in [0.5, 0.6) is 0 Å². The van der Waals surface area contributed by atoms with Crippen LogP contribution in [-0.4, -0.2) is 47.8 Å². The largest absolute Gasteiger partial charge is 0.341 e. The molecule has 0 atom stereocenters. The predicted octanol–water partition coefficient (Wildman–Crippen LogP) is 2.94.